The van der Waals surface area contributed by atoms with Gasteiger partial charge in [-0.25, -0.2) is 4.79 Å². The molecule has 5 N–H and O–H groups in total. The summed E-state index contributed by atoms with van der Waals surface area (Å²) in [7, 11) is 0. The Kier molecular flexibility index (Phi) is 8.84. The van der Waals surface area contributed by atoms with Gasteiger partial charge in [-0.2, -0.15) is 5.26 Å². The van der Waals surface area contributed by atoms with Crippen LogP contribution in [0.4, 0.5) is 16.2 Å². The van der Waals surface area contributed by atoms with Crippen molar-refractivity contribution >= 4 is 34.7 Å². The van der Waals surface area contributed by atoms with Gasteiger partial charge in [-0.3, -0.25) is 19.8 Å². The van der Waals surface area contributed by atoms with E-state index in [0.717, 1.165) is 17.7 Å². The average molecular weight is 597 g/mol. The van der Waals surface area contributed by atoms with Crippen molar-refractivity contribution in [2.75, 3.05) is 5.32 Å². The van der Waals surface area contributed by atoms with Gasteiger partial charge >= 0.3 is 6.03 Å². The number of non-ortho nitro benzene ring substituents is 1. The van der Waals surface area contributed by atoms with Crippen LogP contribution in [0.5, 0.6) is 0 Å². The molecule has 1 saturated heterocycles. The Morgan fingerprint density at radius 1 is 1.21 bits per heavy atom. The number of likely N-dealkylation sites (tertiary alicyclic amines) is 1. The second-order valence-corrected chi connectivity index (χ2v) is 13.9. The topological polar surface area (TPSA) is 198 Å². The number of anilines is 1. The minimum absolute atomic E-state index is 0.128. The van der Waals surface area contributed by atoms with Gasteiger partial charge in [0.05, 0.1) is 22.6 Å². The van der Waals surface area contributed by atoms with E-state index in [1.807, 2.05) is 0 Å². The lowest BCUT2D eigenvalue weighted by Gasteiger charge is -2.46. The number of aliphatic hydroxyl groups is 1. The number of hydrogen-bond donors (Lipinski definition) is 4. The van der Waals surface area contributed by atoms with Crippen LogP contribution in [-0.2, 0) is 21.7 Å². The molecule has 0 bridgehead atoms. The molecule has 42 heavy (non-hydrogen) atoms. The minimum Gasteiger partial charge on any atom is -0.598 e. The van der Waals surface area contributed by atoms with Crippen molar-refractivity contribution < 1.29 is 24.2 Å². The Morgan fingerprint density at radius 2 is 1.88 bits per heavy atom. The molecule has 1 aliphatic heterocycles. The molecule has 2 aromatic rings. The third-order valence-corrected chi connectivity index (χ3v) is 9.63. The zero-order valence-electron chi connectivity index (χ0n) is 23.8. The van der Waals surface area contributed by atoms with Crippen molar-refractivity contribution in [3.63, 3.8) is 0 Å². The number of nitriles is 1. The van der Waals surface area contributed by atoms with Gasteiger partial charge in [-0.15, -0.1) is 4.72 Å². The summed E-state index contributed by atoms with van der Waals surface area (Å²) in [6.07, 6.45) is 3.15. The second-order valence-electron chi connectivity index (χ2n) is 12.0. The highest BCUT2D eigenvalue weighted by Gasteiger charge is 2.60. The summed E-state index contributed by atoms with van der Waals surface area (Å²) >= 11 is -1.67. The lowest BCUT2D eigenvalue weighted by Crippen LogP contribution is -2.67. The van der Waals surface area contributed by atoms with Crippen molar-refractivity contribution in [3.8, 4) is 6.07 Å². The number of carbonyl (C=O) groups excluding carboxylic acids is 2. The molecule has 12 nitrogen and oxygen atoms in total. The van der Waals surface area contributed by atoms with E-state index in [2.05, 4.69) is 16.1 Å². The number of amides is 3. The minimum atomic E-state index is -2.38. The highest BCUT2D eigenvalue weighted by Crippen LogP contribution is 2.47. The number of urea groups is 1. The van der Waals surface area contributed by atoms with E-state index in [9.17, 15) is 34.6 Å². The maximum atomic E-state index is 14.0. The van der Waals surface area contributed by atoms with Gasteiger partial charge in [-0.1, -0.05) is 25.0 Å². The molecule has 4 atom stereocenters. The molecule has 0 spiro atoms. The molecule has 4 rings (SSSR count). The van der Waals surface area contributed by atoms with Crippen molar-refractivity contribution in [3.05, 3.63) is 69.8 Å². The summed E-state index contributed by atoms with van der Waals surface area (Å²) in [5.41, 5.74) is 3.03. The number of primary amides is 1. The number of carbonyl (C=O) groups is 2. The molecule has 1 aliphatic carbocycles. The van der Waals surface area contributed by atoms with Crippen LogP contribution in [0.2, 0.25) is 0 Å². The number of benzene rings is 2. The van der Waals surface area contributed by atoms with Crippen LogP contribution in [0.25, 0.3) is 0 Å². The van der Waals surface area contributed by atoms with Crippen LogP contribution < -0.4 is 15.8 Å². The smallest absolute Gasteiger partial charge is 0.324 e. The SMILES string of the molecule is CC(C)(C)[S@@+]([O-])NC(CCC1CC1)(c1cccc(C#N)c1)C1CCC(O)(C(N)=O)N1C(=O)Nc1ccc([N+](=O)[O-])cc1. The number of nitro benzene ring substituents is 1. The summed E-state index contributed by atoms with van der Waals surface area (Å²) in [6.45, 7) is 5.42. The summed E-state index contributed by atoms with van der Waals surface area (Å²) in [5, 5.41) is 35.0. The van der Waals surface area contributed by atoms with Crippen molar-refractivity contribution in [1.82, 2.24) is 9.62 Å². The molecule has 2 fully saturated rings. The highest BCUT2D eigenvalue weighted by atomic mass is 32.2. The van der Waals surface area contributed by atoms with E-state index in [4.69, 9.17) is 5.73 Å². The average Bonchev–Trinajstić information content (AvgIpc) is 3.70. The molecule has 1 heterocycles. The quantitative estimate of drug-likeness (QED) is 0.180. The highest BCUT2D eigenvalue weighted by molar-refractivity contribution is 7.90. The van der Waals surface area contributed by atoms with E-state index in [1.54, 1.807) is 45.0 Å². The monoisotopic (exact) mass is 596 g/mol. The van der Waals surface area contributed by atoms with Gasteiger partial charge in [0.2, 0.25) is 5.72 Å². The van der Waals surface area contributed by atoms with E-state index in [0.29, 0.717) is 29.9 Å². The van der Waals surface area contributed by atoms with E-state index in [1.165, 1.54) is 24.3 Å². The van der Waals surface area contributed by atoms with Crippen molar-refractivity contribution in [2.45, 2.75) is 81.3 Å². The second kappa shape index (κ2) is 11.9. The summed E-state index contributed by atoms with van der Waals surface area (Å²) in [4.78, 5) is 38.2. The van der Waals surface area contributed by atoms with E-state index in [-0.39, 0.29) is 24.2 Å². The number of nitro groups is 1. The molecule has 3 amide bonds. The summed E-state index contributed by atoms with van der Waals surface area (Å²) in [5.74, 6) is -0.685. The number of rotatable bonds is 10. The van der Waals surface area contributed by atoms with Crippen LogP contribution in [0.1, 0.15) is 70.4 Å². The number of nitrogens with two attached hydrogens (primary N) is 1. The van der Waals surface area contributed by atoms with Crippen LogP contribution >= 0.6 is 0 Å². The predicted molar refractivity (Wildman–Crippen MR) is 157 cm³/mol. The predicted octanol–water partition coefficient (Wildman–Crippen LogP) is 3.77. The maximum Gasteiger partial charge on any atom is 0.324 e. The van der Waals surface area contributed by atoms with E-state index >= 15 is 0 Å². The third kappa shape index (κ3) is 6.37. The van der Waals surface area contributed by atoms with Crippen molar-refractivity contribution in [1.29, 1.82) is 5.26 Å². The maximum absolute atomic E-state index is 14.0. The Balaban J connectivity index is 1.85. The van der Waals surface area contributed by atoms with Crippen LogP contribution in [0.15, 0.2) is 48.5 Å². The molecule has 0 aromatic heterocycles. The standard InChI is InChI=1S/C29H36N6O6S/c1-27(2,3)42(41)33-28(15-13-19-7-8-19,21-6-4-5-20(17-21)18-30)24-14-16-29(38,25(31)36)34(24)26(37)32-22-9-11-23(12-10-22)35(39)40/h4-6,9-12,17,19,24,33,38H,7-8,13-16H2,1-3H3,(H2,31,36)(H,32,37)/t24?,28?,29?,42-/m1/s1. The Morgan fingerprint density at radius 3 is 2.43 bits per heavy atom. The molecule has 0 radical (unpaired) electrons. The molecular weight excluding hydrogens is 560 g/mol. The third-order valence-electron chi connectivity index (χ3n) is 7.97. The van der Waals surface area contributed by atoms with Crippen molar-refractivity contribution in [2.24, 2.45) is 11.7 Å². The fourth-order valence-electron chi connectivity index (χ4n) is 5.42. The molecule has 13 heteroatoms. The first-order valence-corrected chi connectivity index (χ1v) is 14.9. The zero-order valence-corrected chi connectivity index (χ0v) is 24.6. The first-order valence-electron chi connectivity index (χ1n) is 13.8. The zero-order chi connectivity index (χ0) is 30.9. The lowest BCUT2D eigenvalue weighted by atomic mass is 9.77. The fraction of sp³-hybridized carbons (Fsp3) is 0.483. The first-order chi connectivity index (χ1) is 19.7. The number of hydrogen-bond acceptors (Lipinski definition) is 8. The van der Waals surface area contributed by atoms with Gasteiger partial charge in [0.25, 0.3) is 11.6 Å². The number of nitrogens with zero attached hydrogens (tertiary/aromatic N) is 3. The summed E-state index contributed by atoms with van der Waals surface area (Å²) < 4.78 is 16.4. The van der Waals surface area contributed by atoms with Gasteiger partial charge in [0.15, 0.2) is 0 Å². The molecule has 3 unspecified atom stereocenters. The molecule has 1 saturated carbocycles. The van der Waals surface area contributed by atoms with Crippen LogP contribution in [-0.4, -0.2) is 47.9 Å². The number of nitrogens with one attached hydrogen (secondary N) is 2. The van der Waals surface area contributed by atoms with Gasteiger partial charge in [0, 0.05) is 35.6 Å². The molecule has 2 aliphatic rings. The lowest BCUT2D eigenvalue weighted by molar-refractivity contribution is -0.384. The van der Waals surface area contributed by atoms with Gasteiger partial charge in [0.1, 0.15) is 10.3 Å². The van der Waals surface area contributed by atoms with Gasteiger partial charge in [-0.05, 0) is 75.8 Å². The largest absolute Gasteiger partial charge is 0.598 e. The van der Waals surface area contributed by atoms with Gasteiger partial charge < -0.3 is 20.7 Å². The van der Waals surface area contributed by atoms with Crippen LogP contribution in [0.3, 0.4) is 0 Å². The Labute approximate surface area is 247 Å². The Hall–Kier alpha value is -3.70. The molecule has 224 valence electrons. The molecular formula is C29H36N6O6S. The summed E-state index contributed by atoms with van der Waals surface area (Å²) in [6, 6.07) is 12.3. The Bertz CT molecular complexity index is 1390. The normalized spacial score (nSPS) is 22.6. The first kappa shape index (κ1) is 31.2. The molecule has 2 aromatic carbocycles. The fourth-order valence-corrected chi connectivity index (χ4v) is 6.41. The van der Waals surface area contributed by atoms with Crippen LogP contribution in [0, 0.1) is 27.4 Å². The van der Waals surface area contributed by atoms with E-state index < -0.39 is 50.3 Å².